The first-order valence-corrected chi connectivity index (χ1v) is 5.38. The van der Waals surface area contributed by atoms with Gasteiger partial charge in [0, 0.05) is 12.1 Å². The zero-order chi connectivity index (χ0) is 13.0. The molecule has 0 radical (unpaired) electrons. The van der Waals surface area contributed by atoms with E-state index in [1.54, 1.807) is 24.3 Å². The van der Waals surface area contributed by atoms with E-state index in [0.29, 0.717) is 12.4 Å². The molecule has 0 atom stereocenters. The van der Waals surface area contributed by atoms with E-state index in [2.05, 4.69) is 10.3 Å². The van der Waals surface area contributed by atoms with Gasteiger partial charge in [0.15, 0.2) is 0 Å². The number of pyridine rings is 1. The number of benzene rings is 1. The van der Waals surface area contributed by atoms with Gasteiger partial charge in [-0.25, -0.2) is 13.8 Å². The smallest absolute Gasteiger partial charge is 0.263 e. The average molecular weight is 252 g/mol. The van der Waals surface area contributed by atoms with Crippen LogP contribution < -0.4 is 5.32 Å². The van der Waals surface area contributed by atoms with Gasteiger partial charge in [0.1, 0.15) is 5.82 Å². The summed E-state index contributed by atoms with van der Waals surface area (Å²) < 4.78 is 37.5. The highest BCUT2D eigenvalue weighted by molar-refractivity contribution is 5.35. The van der Waals surface area contributed by atoms with Gasteiger partial charge in [-0.05, 0) is 17.7 Å². The van der Waals surface area contributed by atoms with Crippen LogP contribution in [0.2, 0.25) is 0 Å². The number of hydrogen-bond donors (Lipinski definition) is 1. The summed E-state index contributed by atoms with van der Waals surface area (Å²) in [6.45, 7) is 0.403. The Labute approximate surface area is 102 Å². The van der Waals surface area contributed by atoms with E-state index >= 15 is 0 Å². The molecule has 18 heavy (non-hydrogen) atoms. The fourth-order valence-electron chi connectivity index (χ4n) is 1.48. The molecule has 2 rings (SSSR count). The minimum atomic E-state index is -2.46. The van der Waals surface area contributed by atoms with Crippen LogP contribution in [0, 0.1) is 5.95 Å². The SMILES string of the molecule is Fc1cccc(NCc2ccc(C(F)F)cc2)n1. The number of hydrogen-bond acceptors (Lipinski definition) is 2. The Kier molecular flexibility index (Phi) is 3.82. The van der Waals surface area contributed by atoms with Gasteiger partial charge < -0.3 is 5.32 Å². The highest BCUT2D eigenvalue weighted by Crippen LogP contribution is 2.19. The summed E-state index contributed by atoms with van der Waals surface area (Å²) in [4.78, 5) is 3.64. The number of anilines is 1. The van der Waals surface area contributed by atoms with Gasteiger partial charge in [-0.2, -0.15) is 4.39 Å². The summed E-state index contributed by atoms with van der Waals surface area (Å²) in [6, 6.07) is 10.4. The second kappa shape index (κ2) is 5.53. The molecule has 0 aliphatic carbocycles. The van der Waals surface area contributed by atoms with E-state index in [-0.39, 0.29) is 5.56 Å². The maximum absolute atomic E-state index is 12.8. The molecule has 0 aliphatic heterocycles. The minimum Gasteiger partial charge on any atom is -0.366 e. The fourth-order valence-corrected chi connectivity index (χ4v) is 1.48. The van der Waals surface area contributed by atoms with Gasteiger partial charge in [-0.1, -0.05) is 30.3 Å². The van der Waals surface area contributed by atoms with Crippen LogP contribution in [0.3, 0.4) is 0 Å². The van der Waals surface area contributed by atoms with Crippen LogP contribution in [-0.4, -0.2) is 4.98 Å². The third-order valence-electron chi connectivity index (χ3n) is 2.42. The molecular formula is C13H11F3N2. The van der Waals surface area contributed by atoms with E-state index in [1.807, 2.05) is 0 Å². The van der Waals surface area contributed by atoms with E-state index in [4.69, 9.17) is 0 Å². The first-order valence-electron chi connectivity index (χ1n) is 5.38. The van der Waals surface area contributed by atoms with Crippen LogP contribution in [0.1, 0.15) is 17.6 Å². The van der Waals surface area contributed by atoms with Crippen molar-refractivity contribution in [2.45, 2.75) is 13.0 Å². The zero-order valence-electron chi connectivity index (χ0n) is 9.41. The Morgan fingerprint density at radius 1 is 1.06 bits per heavy atom. The van der Waals surface area contributed by atoms with E-state index in [9.17, 15) is 13.2 Å². The van der Waals surface area contributed by atoms with Crippen molar-refractivity contribution in [3.05, 3.63) is 59.5 Å². The van der Waals surface area contributed by atoms with Gasteiger partial charge in [-0.15, -0.1) is 0 Å². The molecule has 2 aromatic rings. The molecule has 1 N–H and O–H groups in total. The summed E-state index contributed by atoms with van der Waals surface area (Å²) in [5, 5.41) is 2.91. The van der Waals surface area contributed by atoms with Crippen LogP contribution in [0.15, 0.2) is 42.5 Å². The van der Waals surface area contributed by atoms with Crippen molar-refractivity contribution in [2.24, 2.45) is 0 Å². The molecule has 1 aromatic heterocycles. The Hall–Kier alpha value is -2.04. The molecule has 2 nitrogen and oxygen atoms in total. The maximum atomic E-state index is 12.8. The first kappa shape index (κ1) is 12.4. The highest BCUT2D eigenvalue weighted by Gasteiger charge is 2.05. The Morgan fingerprint density at radius 2 is 1.78 bits per heavy atom. The number of halogens is 3. The third kappa shape index (κ3) is 3.23. The van der Waals surface area contributed by atoms with Crippen molar-refractivity contribution in [3.63, 3.8) is 0 Å². The molecule has 5 heteroatoms. The Morgan fingerprint density at radius 3 is 2.39 bits per heavy atom. The van der Waals surface area contributed by atoms with Crippen LogP contribution in [0.5, 0.6) is 0 Å². The Bertz CT molecular complexity index is 512. The van der Waals surface area contributed by atoms with Crippen molar-refractivity contribution in [1.29, 1.82) is 0 Å². The number of alkyl halides is 2. The third-order valence-corrected chi connectivity index (χ3v) is 2.42. The largest absolute Gasteiger partial charge is 0.366 e. The van der Waals surface area contributed by atoms with Gasteiger partial charge in [0.05, 0.1) is 0 Å². The zero-order valence-corrected chi connectivity index (χ0v) is 9.41. The first-order chi connectivity index (χ1) is 8.65. The van der Waals surface area contributed by atoms with Gasteiger partial charge in [0.2, 0.25) is 5.95 Å². The lowest BCUT2D eigenvalue weighted by Crippen LogP contribution is -2.02. The fraction of sp³-hybridized carbons (Fsp3) is 0.154. The molecule has 0 aliphatic rings. The molecule has 1 aromatic carbocycles. The van der Waals surface area contributed by atoms with E-state index in [0.717, 1.165) is 5.56 Å². The van der Waals surface area contributed by atoms with Crippen LogP contribution >= 0.6 is 0 Å². The quantitative estimate of drug-likeness (QED) is 0.838. The summed E-state index contributed by atoms with van der Waals surface area (Å²) >= 11 is 0. The second-order valence-corrected chi connectivity index (χ2v) is 3.74. The molecular weight excluding hydrogens is 241 g/mol. The summed E-state index contributed by atoms with van der Waals surface area (Å²) in [7, 11) is 0. The summed E-state index contributed by atoms with van der Waals surface area (Å²) in [6.07, 6.45) is -2.46. The maximum Gasteiger partial charge on any atom is 0.263 e. The predicted octanol–water partition coefficient (Wildman–Crippen LogP) is 3.77. The van der Waals surface area contributed by atoms with Gasteiger partial charge in [0.25, 0.3) is 6.43 Å². The minimum absolute atomic E-state index is 0.0115. The van der Waals surface area contributed by atoms with Crippen molar-refractivity contribution in [2.75, 3.05) is 5.32 Å². The summed E-state index contributed by atoms with van der Waals surface area (Å²) in [5.41, 5.74) is 0.813. The number of nitrogens with one attached hydrogen (secondary N) is 1. The Balaban J connectivity index is 1.98. The van der Waals surface area contributed by atoms with Crippen LogP contribution in [0.4, 0.5) is 19.0 Å². The number of rotatable bonds is 4. The van der Waals surface area contributed by atoms with Gasteiger partial charge >= 0.3 is 0 Å². The lowest BCUT2D eigenvalue weighted by molar-refractivity contribution is 0.151. The monoisotopic (exact) mass is 252 g/mol. The standard InChI is InChI=1S/C13H11F3N2/c14-11-2-1-3-12(18-11)17-8-9-4-6-10(7-5-9)13(15)16/h1-7,13H,8H2,(H,17,18). The van der Waals surface area contributed by atoms with Crippen molar-refractivity contribution >= 4 is 5.82 Å². The molecule has 0 amide bonds. The van der Waals surface area contributed by atoms with Gasteiger partial charge in [-0.3, -0.25) is 0 Å². The predicted molar refractivity (Wildman–Crippen MR) is 62.9 cm³/mol. The highest BCUT2D eigenvalue weighted by atomic mass is 19.3. The average Bonchev–Trinajstić information content (AvgIpc) is 2.37. The molecule has 0 unspecified atom stereocenters. The number of aromatic nitrogens is 1. The molecule has 0 saturated carbocycles. The normalized spacial score (nSPS) is 10.7. The summed E-state index contributed by atoms with van der Waals surface area (Å²) in [5.74, 6) is -0.152. The molecule has 0 saturated heterocycles. The topological polar surface area (TPSA) is 24.9 Å². The molecule has 0 spiro atoms. The van der Waals surface area contributed by atoms with E-state index < -0.39 is 12.4 Å². The van der Waals surface area contributed by atoms with Crippen molar-refractivity contribution < 1.29 is 13.2 Å². The van der Waals surface area contributed by atoms with Crippen molar-refractivity contribution in [1.82, 2.24) is 4.98 Å². The molecule has 1 heterocycles. The lowest BCUT2D eigenvalue weighted by Gasteiger charge is -2.06. The molecule has 0 fully saturated rings. The van der Waals surface area contributed by atoms with E-state index in [1.165, 1.54) is 18.2 Å². The van der Waals surface area contributed by atoms with Crippen molar-refractivity contribution in [3.8, 4) is 0 Å². The number of nitrogens with zero attached hydrogens (tertiary/aromatic N) is 1. The van der Waals surface area contributed by atoms with Crippen LogP contribution in [0.25, 0.3) is 0 Å². The molecule has 94 valence electrons. The van der Waals surface area contributed by atoms with Crippen LogP contribution in [-0.2, 0) is 6.54 Å². The second-order valence-electron chi connectivity index (χ2n) is 3.74. The lowest BCUT2D eigenvalue weighted by atomic mass is 10.1. The molecule has 0 bridgehead atoms.